The van der Waals surface area contributed by atoms with Crippen molar-refractivity contribution in [2.75, 3.05) is 7.05 Å². The highest BCUT2D eigenvalue weighted by atomic mass is 15.5. The molecule has 64 heavy (non-hydrogen) atoms. The highest BCUT2D eigenvalue weighted by molar-refractivity contribution is 6.00. The van der Waals surface area contributed by atoms with Gasteiger partial charge in [-0.2, -0.15) is 0 Å². The number of likely N-dealkylation sites (N-methyl/N-ethyl adjacent to an activating group) is 1. The van der Waals surface area contributed by atoms with E-state index in [1.54, 1.807) is 5.70 Å². The Bertz CT molecular complexity index is 2800. The molecule has 1 aliphatic carbocycles. The van der Waals surface area contributed by atoms with Gasteiger partial charge < -0.3 is 0 Å². The number of rotatable bonds is 11. The molecule has 0 fully saturated rings. The lowest BCUT2D eigenvalue weighted by Gasteiger charge is -2.18. The van der Waals surface area contributed by atoms with Crippen molar-refractivity contribution in [3.8, 4) is 33.4 Å². The van der Waals surface area contributed by atoms with Crippen molar-refractivity contribution in [3.05, 3.63) is 208 Å². The van der Waals surface area contributed by atoms with E-state index in [0.29, 0.717) is 5.92 Å². The van der Waals surface area contributed by atoms with E-state index in [2.05, 4.69) is 224 Å². The molecule has 0 N–H and O–H groups in total. The second kappa shape index (κ2) is 21.8. The molecule has 0 spiro atoms. The van der Waals surface area contributed by atoms with Gasteiger partial charge in [-0.25, -0.2) is 4.48 Å². The van der Waals surface area contributed by atoms with E-state index in [9.17, 15) is 0 Å². The fourth-order valence-corrected chi connectivity index (χ4v) is 9.25. The number of aromatic nitrogens is 1. The summed E-state index contributed by atoms with van der Waals surface area (Å²) in [5.74, 6) is 0.652. The lowest BCUT2D eigenvalue weighted by atomic mass is 9.86. The molecule has 1 aliphatic heterocycles. The highest BCUT2D eigenvalue weighted by Crippen LogP contribution is 2.53. The minimum Gasteiger partial charge on any atom is -0.265 e. The predicted molar refractivity (Wildman–Crippen MR) is 284 cm³/mol. The predicted octanol–water partition coefficient (Wildman–Crippen LogP) is 17.9. The van der Waals surface area contributed by atoms with E-state index in [1.165, 1.54) is 94.5 Å². The number of aryl methyl sites for hydroxylation is 2. The lowest BCUT2D eigenvalue weighted by molar-refractivity contribution is 0.574. The zero-order valence-corrected chi connectivity index (χ0v) is 40.3. The zero-order valence-electron chi connectivity index (χ0n) is 40.3. The Balaban J connectivity index is 0.000000245. The first-order chi connectivity index (χ1) is 31.1. The van der Waals surface area contributed by atoms with Crippen LogP contribution in [0.1, 0.15) is 102 Å². The average Bonchev–Trinajstić information content (AvgIpc) is 3.97. The molecule has 2 nitrogen and oxygen atoms in total. The van der Waals surface area contributed by atoms with Crippen LogP contribution in [-0.2, 0) is 6.42 Å². The Morgan fingerprint density at radius 1 is 0.734 bits per heavy atom. The topological polar surface area (TPSA) is 12.9 Å². The normalized spacial score (nSPS) is 17.0. The minimum absolute atomic E-state index is 0.652. The second-order valence-corrected chi connectivity index (χ2v) is 16.8. The van der Waals surface area contributed by atoms with Gasteiger partial charge in [0, 0.05) is 30.5 Å². The van der Waals surface area contributed by atoms with Crippen LogP contribution in [0.2, 0.25) is 0 Å². The lowest BCUT2D eigenvalue weighted by Crippen LogP contribution is -2.25. The Kier molecular flexibility index (Phi) is 16.1. The SMILES string of the molecule is C/C=C\c1c(CC)c(/C=C\CC)c(C)c2ccc(-c3ccc(\C=C/C(C)=C\C=C\C)c(-c4ccccc4C)c3)cc12.CC.CC1CC=CC2=C1[N+]2(C)c1cccc(-c2ccncc2)c1. The van der Waals surface area contributed by atoms with Crippen molar-refractivity contribution in [2.24, 2.45) is 5.92 Å². The first-order valence-electron chi connectivity index (χ1n) is 23.5. The number of quaternary nitrogens is 1. The molecule has 0 bridgehead atoms. The van der Waals surface area contributed by atoms with Crippen LogP contribution in [0.3, 0.4) is 0 Å². The summed E-state index contributed by atoms with van der Waals surface area (Å²) >= 11 is 0. The summed E-state index contributed by atoms with van der Waals surface area (Å²) in [5.41, 5.74) is 21.1. The van der Waals surface area contributed by atoms with Gasteiger partial charge in [-0.3, -0.25) is 4.98 Å². The molecule has 2 aliphatic rings. The van der Waals surface area contributed by atoms with Gasteiger partial charge in [0.2, 0.25) is 5.70 Å². The highest BCUT2D eigenvalue weighted by Gasteiger charge is 2.56. The molecule has 5 aromatic carbocycles. The van der Waals surface area contributed by atoms with Crippen LogP contribution in [0.5, 0.6) is 0 Å². The monoisotopic (exact) mass is 842 g/mol. The Morgan fingerprint density at radius 3 is 2.17 bits per heavy atom. The van der Waals surface area contributed by atoms with Crippen LogP contribution >= 0.6 is 0 Å². The number of benzene rings is 5. The summed E-state index contributed by atoms with van der Waals surface area (Å²) in [4.78, 5) is 4.10. The van der Waals surface area contributed by atoms with Crippen molar-refractivity contribution < 1.29 is 0 Å². The van der Waals surface area contributed by atoms with Crippen molar-refractivity contribution >= 4 is 34.7 Å². The maximum Gasteiger partial charge on any atom is 0.200 e. The van der Waals surface area contributed by atoms with Crippen LogP contribution in [0.25, 0.3) is 62.4 Å². The number of hydrogen-bond acceptors (Lipinski definition) is 1. The molecule has 0 radical (unpaired) electrons. The quantitative estimate of drug-likeness (QED) is 0.0935. The summed E-state index contributed by atoms with van der Waals surface area (Å²) in [6.07, 6.45) is 31.3. The van der Waals surface area contributed by atoms with E-state index in [-0.39, 0.29) is 0 Å². The number of allylic oxidation sites excluding steroid dienone is 10. The molecule has 0 amide bonds. The Hall–Kier alpha value is -6.35. The molecule has 6 aromatic rings. The summed E-state index contributed by atoms with van der Waals surface area (Å²) in [7, 11) is 2.31. The van der Waals surface area contributed by atoms with Gasteiger partial charge >= 0.3 is 0 Å². The van der Waals surface area contributed by atoms with E-state index < -0.39 is 0 Å². The summed E-state index contributed by atoms with van der Waals surface area (Å²) < 4.78 is 0.899. The number of hydrogen-bond donors (Lipinski definition) is 0. The van der Waals surface area contributed by atoms with Crippen LogP contribution < -0.4 is 4.48 Å². The van der Waals surface area contributed by atoms with E-state index in [0.717, 1.165) is 23.7 Å². The molecule has 2 heterocycles. The molecular formula is C62H69N2+. The first-order valence-corrected chi connectivity index (χ1v) is 23.5. The van der Waals surface area contributed by atoms with E-state index >= 15 is 0 Å². The Labute approximate surface area is 385 Å². The first kappa shape index (κ1) is 47.1. The molecule has 0 saturated carbocycles. The fraction of sp³-hybridized carbons (Fsp3) is 0.242. The van der Waals surface area contributed by atoms with Gasteiger partial charge in [0.15, 0.2) is 5.70 Å². The summed E-state index contributed by atoms with van der Waals surface area (Å²) in [5, 5.41) is 2.66. The smallest absolute Gasteiger partial charge is 0.200 e. The van der Waals surface area contributed by atoms with Crippen molar-refractivity contribution in [1.82, 2.24) is 9.47 Å². The van der Waals surface area contributed by atoms with Gasteiger partial charge in [0.25, 0.3) is 0 Å². The van der Waals surface area contributed by atoms with Crippen molar-refractivity contribution in [3.63, 3.8) is 0 Å². The third-order valence-corrected chi connectivity index (χ3v) is 12.7. The summed E-state index contributed by atoms with van der Waals surface area (Å²) in [6.45, 7) is 21.6. The van der Waals surface area contributed by atoms with Crippen LogP contribution in [0, 0.1) is 19.8 Å². The van der Waals surface area contributed by atoms with Gasteiger partial charge in [-0.05, 0) is 162 Å². The number of pyridine rings is 1. The van der Waals surface area contributed by atoms with Gasteiger partial charge in [-0.15, -0.1) is 0 Å². The maximum absolute atomic E-state index is 4.10. The molecule has 1 aromatic heterocycles. The van der Waals surface area contributed by atoms with Crippen LogP contribution in [-0.4, -0.2) is 12.0 Å². The number of nitrogens with zero attached hydrogens (tertiary/aromatic N) is 2. The maximum atomic E-state index is 4.10. The molecule has 2 unspecified atom stereocenters. The third kappa shape index (κ3) is 10.0. The largest absolute Gasteiger partial charge is 0.265 e. The van der Waals surface area contributed by atoms with Gasteiger partial charge in [-0.1, -0.05) is 162 Å². The van der Waals surface area contributed by atoms with Crippen LogP contribution in [0.4, 0.5) is 5.69 Å². The third-order valence-electron chi connectivity index (χ3n) is 12.7. The number of fused-ring (bicyclic) bond motifs is 1. The summed E-state index contributed by atoms with van der Waals surface area (Å²) in [6, 6.07) is 35.7. The zero-order chi connectivity index (χ0) is 45.8. The standard InChI is InChI=1S/C41H44.C19H19N2.C2H6/c1-8-12-17-29(5)21-22-32-23-24-33(27-40(32)36-20-15-14-18-30(36)6)34-25-26-38-31(7)37(19-13-9-2)35(11-4)39(16-10-3)41(38)28-34;1-14-5-3-8-18-19(14)21(18,2)17-7-4-6-16(13-17)15-9-11-20-12-10-15;1-2/h8,10,12-28H,9,11H2,1-7H3;3-4,6-14H,5H2,1-2H3;1-2H3/q;+1;/b12-8+,16-10-,19-13-,22-21-,29-17-;;. The van der Waals surface area contributed by atoms with E-state index in [1.807, 2.05) is 33.2 Å². The van der Waals surface area contributed by atoms with Crippen molar-refractivity contribution in [2.45, 2.75) is 88.5 Å². The minimum atomic E-state index is 0.652. The molecule has 2 heteroatoms. The fourth-order valence-electron chi connectivity index (χ4n) is 9.25. The van der Waals surface area contributed by atoms with E-state index in [4.69, 9.17) is 0 Å². The Morgan fingerprint density at radius 2 is 1.47 bits per heavy atom. The second-order valence-electron chi connectivity index (χ2n) is 16.8. The molecule has 0 saturated heterocycles. The molecule has 2 atom stereocenters. The van der Waals surface area contributed by atoms with Gasteiger partial charge in [0.05, 0.1) is 7.05 Å². The molecular weight excluding hydrogens is 773 g/mol. The van der Waals surface area contributed by atoms with Gasteiger partial charge in [0.1, 0.15) is 5.69 Å². The average molecular weight is 842 g/mol. The van der Waals surface area contributed by atoms with Crippen LogP contribution in [0.15, 0.2) is 175 Å². The molecule has 8 rings (SSSR count). The molecule has 326 valence electrons. The van der Waals surface area contributed by atoms with Crippen molar-refractivity contribution in [1.29, 1.82) is 0 Å².